The number of nitrogens with zero attached hydrogens (tertiary/aromatic N) is 1. The van der Waals surface area contributed by atoms with Gasteiger partial charge in [-0.1, -0.05) is 72.9 Å². The van der Waals surface area contributed by atoms with Gasteiger partial charge >= 0.3 is 17.9 Å². The summed E-state index contributed by atoms with van der Waals surface area (Å²) in [4.78, 5) is 30.6. The van der Waals surface area contributed by atoms with E-state index in [0.717, 1.165) is 5.39 Å². The van der Waals surface area contributed by atoms with E-state index in [9.17, 15) is 34.1 Å². The van der Waals surface area contributed by atoms with Crippen molar-refractivity contribution in [2.75, 3.05) is 6.61 Å². The van der Waals surface area contributed by atoms with Crippen LogP contribution in [-0.2, 0) is 0 Å². The fraction of sp³-hybridized carbons (Fsp3) is 0.167. The van der Waals surface area contributed by atoms with Gasteiger partial charge in [0.05, 0.1) is 28.8 Å². The van der Waals surface area contributed by atoms with Crippen LogP contribution in [0.2, 0.25) is 0 Å². The molecule has 1 saturated carbocycles. The maximum atomic E-state index is 13.4. The molecule has 1 fully saturated rings. The molecule has 48 heavy (non-hydrogen) atoms. The number of rotatable bonds is 5. The van der Waals surface area contributed by atoms with Gasteiger partial charge in [0, 0.05) is 24.1 Å². The van der Waals surface area contributed by atoms with Crippen molar-refractivity contribution in [1.82, 2.24) is 4.57 Å². The van der Waals surface area contributed by atoms with E-state index in [0.29, 0.717) is 33.1 Å². The smallest absolute Gasteiger partial charge is 0.335 e. The molecule has 1 aromatic heterocycles. The number of aromatic carboxylic acids is 3. The van der Waals surface area contributed by atoms with Gasteiger partial charge in [-0.05, 0) is 66.4 Å². The Kier molecular flexibility index (Phi) is 14.1. The molecule has 1 aliphatic carbocycles. The minimum absolute atomic E-state index is 0.190. The molecule has 4 aromatic carbocycles. The molecule has 5 aromatic rings. The monoisotopic (exact) mass is 675 g/mol. The molecule has 0 radical (unpaired) electrons. The number of aliphatic hydroxyl groups is 3. The maximum Gasteiger partial charge on any atom is 0.335 e. The summed E-state index contributed by atoms with van der Waals surface area (Å²) in [6.07, 6.45) is 0.182. The Labute approximate surface area is 280 Å². The summed E-state index contributed by atoms with van der Waals surface area (Å²) in [5, 5.41) is 55.9. The van der Waals surface area contributed by atoms with Crippen LogP contribution < -0.4 is 0 Å². The molecule has 0 spiro atoms. The van der Waals surface area contributed by atoms with Crippen LogP contribution in [0, 0.1) is 16.4 Å². The van der Waals surface area contributed by atoms with Gasteiger partial charge in [-0.25, -0.2) is 18.8 Å². The lowest BCUT2D eigenvalue weighted by Gasteiger charge is -2.20. The normalized spacial score (nSPS) is 17.8. The summed E-state index contributed by atoms with van der Waals surface area (Å²) in [5.74, 6) is -3.39. The quantitative estimate of drug-likeness (QED) is 0.122. The van der Waals surface area contributed by atoms with Crippen LogP contribution in [0.3, 0.4) is 0 Å². The first-order valence-corrected chi connectivity index (χ1v) is 15.0. The molecular weight excluding hydrogens is 641 g/mol. The number of carboxylic acid groups (broad SMARTS) is 3. The third kappa shape index (κ3) is 10.4. The van der Waals surface area contributed by atoms with Crippen LogP contribution in [0.15, 0.2) is 121 Å². The van der Waals surface area contributed by atoms with Crippen LogP contribution in [-0.4, -0.2) is 71.9 Å². The average molecular weight is 676 g/mol. The maximum absolute atomic E-state index is 13.4. The summed E-state index contributed by atoms with van der Waals surface area (Å²) in [6, 6.07) is 30.7. The standard InChI is InChI=1S/C15H16FNO3S.3C7H6O2/c16-10-2-1-8-3-4-17(15(21)11(8)6-10)12-5-9(7-18)13(19)14(12)20;3*8-7(9)6-4-2-1-3-5-6/h1-4,6,9,12-14,18-20H,5,7H2;3*1-5H,(H,8,9)/t9-,12-,13-,14+;;;/m1.../s1. The summed E-state index contributed by atoms with van der Waals surface area (Å²) in [6.45, 7) is -0.190. The van der Waals surface area contributed by atoms with Crippen molar-refractivity contribution in [1.29, 1.82) is 0 Å². The number of hydrogen-bond donors (Lipinski definition) is 6. The molecule has 0 aliphatic heterocycles. The van der Waals surface area contributed by atoms with E-state index in [1.165, 1.54) is 12.1 Å². The molecular formula is C36H34FNO9S. The Hall–Kier alpha value is -5.27. The molecule has 4 atom stereocenters. The SMILES string of the molecule is O=C(O)c1ccccc1.O=C(O)c1ccccc1.O=C(O)c1ccccc1.OC[C@H]1C[C@@H](n2ccc3ccc(F)cc3c2=S)[C@H](O)[C@@H]1O. The minimum Gasteiger partial charge on any atom is -0.478 e. The van der Waals surface area contributed by atoms with Gasteiger partial charge in [-0.15, -0.1) is 0 Å². The topological polar surface area (TPSA) is 178 Å². The van der Waals surface area contributed by atoms with Crippen molar-refractivity contribution < 1.29 is 49.4 Å². The van der Waals surface area contributed by atoms with Crippen LogP contribution in [0.4, 0.5) is 4.39 Å². The largest absolute Gasteiger partial charge is 0.478 e. The van der Waals surface area contributed by atoms with Crippen molar-refractivity contribution in [2.45, 2.75) is 24.7 Å². The Morgan fingerprint density at radius 3 is 1.48 bits per heavy atom. The van der Waals surface area contributed by atoms with E-state index in [1.807, 2.05) is 0 Å². The van der Waals surface area contributed by atoms with E-state index < -0.39 is 36.2 Å². The Morgan fingerprint density at radius 1 is 0.688 bits per heavy atom. The fourth-order valence-corrected chi connectivity index (χ4v) is 5.16. The molecule has 10 nitrogen and oxygen atoms in total. The van der Waals surface area contributed by atoms with Crippen LogP contribution in [0.1, 0.15) is 43.5 Å². The van der Waals surface area contributed by atoms with E-state index in [4.69, 9.17) is 27.5 Å². The van der Waals surface area contributed by atoms with Crippen molar-refractivity contribution in [3.8, 4) is 0 Å². The third-order valence-electron chi connectivity index (χ3n) is 7.32. The summed E-state index contributed by atoms with van der Waals surface area (Å²) in [5.41, 5.74) is 0.993. The van der Waals surface area contributed by atoms with Crippen LogP contribution in [0.25, 0.3) is 10.8 Å². The molecule has 1 heterocycles. The van der Waals surface area contributed by atoms with Gasteiger partial charge in [0.1, 0.15) is 16.6 Å². The number of fused-ring (bicyclic) bond motifs is 1. The molecule has 0 unspecified atom stereocenters. The second-order valence-corrected chi connectivity index (χ2v) is 10.9. The predicted molar refractivity (Wildman–Crippen MR) is 179 cm³/mol. The third-order valence-corrected chi connectivity index (χ3v) is 7.75. The van der Waals surface area contributed by atoms with Gasteiger partial charge in [-0.3, -0.25) is 0 Å². The highest BCUT2D eigenvalue weighted by molar-refractivity contribution is 7.71. The number of carboxylic acids is 3. The number of hydrogen-bond acceptors (Lipinski definition) is 7. The van der Waals surface area contributed by atoms with Gasteiger partial charge < -0.3 is 35.2 Å². The summed E-state index contributed by atoms with van der Waals surface area (Å²) in [7, 11) is 0. The molecule has 0 saturated heterocycles. The number of benzene rings is 4. The second-order valence-electron chi connectivity index (χ2n) is 10.5. The Bertz CT molecular complexity index is 1740. The van der Waals surface area contributed by atoms with Crippen molar-refractivity contribution in [3.05, 3.63) is 149 Å². The first kappa shape index (κ1) is 37.2. The Morgan fingerprint density at radius 2 is 1.12 bits per heavy atom. The van der Waals surface area contributed by atoms with Crippen LogP contribution in [0.5, 0.6) is 0 Å². The highest BCUT2D eigenvalue weighted by Crippen LogP contribution is 2.36. The van der Waals surface area contributed by atoms with E-state index in [-0.39, 0.29) is 18.3 Å². The molecule has 0 bridgehead atoms. The van der Waals surface area contributed by atoms with E-state index >= 15 is 0 Å². The first-order valence-electron chi connectivity index (χ1n) is 14.6. The number of carbonyl (C=O) groups is 3. The first-order chi connectivity index (χ1) is 22.9. The number of aromatic nitrogens is 1. The van der Waals surface area contributed by atoms with Crippen molar-refractivity contribution >= 4 is 40.9 Å². The van der Waals surface area contributed by atoms with Crippen molar-refractivity contribution in [3.63, 3.8) is 0 Å². The predicted octanol–water partition coefficient (Wildman–Crippen LogP) is 5.94. The summed E-state index contributed by atoms with van der Waals surface area (Å²) < 4.78 is 15.5. The molecule has 0 amide bonds. The molecule has 12 heteroatoms. The lowest BCUT2D eigenvalue weighted by atomic mass is 10.1. The van der Waals surface area contributed by atoms with Gasteiger partial charge in [0.15, 0.2) is 0 Å². The van der Waals surface area contributed by atoms with E-state index in [1.54, 1.807) is 114 Å². The zero-order valence-electron chi connectivity index (χ0n) is 25.4. The lowest BCUT2D eigenvalue weighted by Crippen LogP contribution is -2.30. The zero-order valence-corrected chi connectivity index (χ0v) is 26.2. The minimum atomic E-state index is -1.00. The summed E-state index contributed by atoms with van der Waals surface area (Å²) >= 11 is 5.40. The lowest BCUT2D eigenvalue weighted by molar-refractivity contribution is -0.00419. The average Bonchev–Trinajstić information content (AvgIpc) is 3.39. The Balaban J connectivity index is 0.000000193. The van der Waals surface area contributed by atoms with Crippen molar-refractivity contribution in [2.24, 2.45) is 5.92 Å². The van der Waals surface area contributed by atoms with Gasteiger partial charge in [0.2, 0.25) is 0 Å². The highest BCUT2D eigenvalue weighted by atomic mass is 32.1. The number of aliphatic hydroxyl groups excluding tert-OH is 3. The van der Waals surface area contributed by atoms with Crippen LogP contribution >= 0.6 is 12.2 Å². The zero-order chi connectivity index (χ0) is 35.2. The molecule has 1 aliphatic rings. The highest BCUT2D eigenvalue weighted by Gasteiger charge is 2.42. The second kappa shape index (κ2) is 18.2. The molecule has 6 rings (SSSR count). The van der Waals surface area contributed by atoms with Gasteiger partial charge in [0.25, 0.3) is 0 Å². The number of pyridine rings is 1. The molecule has 250 valence electrons. The van der Waals surface area contributed by atoms with E-state index in [2.05, 4.69) is 0 Å². The van der Waals surface area contributed by atoms with Gasteiger partial charge in [-0.2, -0.15) is 0 Å². The number of halogens is 1. The molecule has 6 N–H and O–H groups in total. The fourth-order valence-electron chi connectivity index (χ4n) is 4.79.